The van der Waals surface area contributed by atoms with Crippen molar-refractivity contribution >= 4 is 17.6 Å². The third-order valence-corrected chi connectivity index (χ3v) is 5.51. The van der Waals surface area contributed by atoms with Crippen LogP contribution in [0.5, 0.6) is 0 Å². The molecule has 1 aliphatic heterocycles. The third-order valence-electron chi connectivity index (χ3n) is 5.51. The van der Waals surface area contributed by atoms with E-state index in [-0.39, 0.29) is 11.4 Å². The Morgan fingerprint density at radius 1 is 1.35 bits per heavy atom. The molecule has 0 radical (unpaired) electrons. The zero-order chi connectivity index (χ0) is 16.0. The number of nitrogens with zero attached hydrogens (tertiary/aromatic N) is 1. The van der Waals surface area contributed by atoms with Crippen LogP contribution >= 0.6 is 0 Å². The number of fused-ring (bicyclic) bond motifs is 1. The second-order valence-corrected chi connectivity index (χ2v) is 7.37. The number of carbonyl (C=O) groups excluding carboxylic acids is 2. The topological polar surface area (TPSA) is 61.4 Å². The first-order chi connectivity index (χ1) is 11.1. The van der Waals surface area contributed by atoms with Gasteiger partial charge in [-0.3, -0.25) is 4.79 Å². The van der Waals surface area contributed by atoms with E-state index in [0.717, 1.165) is 43.6 Å². The van der Waals surface area contributed by atoms with E-state index in [4.69, 9.17) is 0 Å². The molecule has 1 heterocycles. The summed E-state index contributed by atoms with van der Waals surface area (Å²) in [5.41, 5.74) is 1.99. The number of aryl methyl sites for hydroxylation is 1. The molecule has 1 aromatic carbocycles. The molecule has 2 saturated carbocycles. The van der Waals surface area contributed by atoms with E-state index in [1.165, 1.54) is 0 Å². The molecule has 1 saturated heterocycles. The Morgan fingerprint density at radius 2 is 2.13 bits per heavy atom. The first-order valence-electron chi connectivity index (χ1n) is 8.48. The second kappa shape index (κ2) is 5.25. The Hall–Kier alpha value is -2.04. The minimum absolute atomic E-state index is 0.0743. The highest BCUT2D eigenvalue weighted by molar-refractivity contribution is 5.90. The normalized spacial score (nSPS) is 30.6. The fourth-order valence-corrected chi connectivity index (χ4v) is 3.68. The summed E-state index contributed by atoms with van der Waals surface area (Å²) in [5, 5.41) is 5.78. The van der Waals surface area contributed by atoms with E-state index in [1.54, 1.807) is 0 Å². The van der Waals surface area contributed by atoms with Crippen molar-refractivity contribution in [1.29, 1.82) is 0 Å². The molecule has 2 aliphatic carbocycles. The van der Waals surface area contributed by atoms with Crippen LogP contribution in [0.15, 0.2) is 24.3 Å². The Labute approximate surface area is 136 Å². The van der Waals surface area contributed by atoms with Crippen molar-refractivity contribution in [3.8, 4) is 0 Å². The van der Waals surface area contributed by atoms with Crippen molar-refractivity contribution in [3.05, 3.63) is 29.8 Å². The van der Waals surface area contributed by atoms with Gasteiger partial charge in [-0.2, -0.15) is 0 Å². The third kappa shape index (κ3) is 2.80. The molecule has 23 heavy (non-hydrogen) atoms. The van der Waals surface area contributed by atoms with Crippen molar-refractivity contribution < 1.29 is 9.59 Å². The molecular formula is C18H23N3O2. The summed E-state index contributed by atoms with van der Waals surface area (Å²) in [4.78, 5) is 26.3. The SMILES string of the molecule is Cc1cccc(NC(=O)NCC2CCN(C(=O)C34CC3C4)C2)c1. The van der Waals surface area contributed by atoms with Crippen LogP contribution in [0.4, 0.5) is 10.5 Å². The van der Waals surface area contributed by atoms with Crippen LogP contribution < -0.4 is 10.6 Å². The molecule has 5 nitrogen and oxygen atoms in total. The average molecular weight is 313 g/mol. The van der Waals surface area contributed by atoms with Gasteiger partial charge in [0.2, 0.25) is 5.91 Å². The minimum Gasteiger partial charge on any atom is -0.342 e. The summed E-state index contributed by atoms with van der Waals surface area (Å²) in [7, 11) is 0. The molecule has 122 valence electrons. The van der Waals surface area contributed by atoms with Crippen molar-refractivity contribution in [2.75, 3.05) is 25.0 Å². The van der Waals surface area contributed by atoms with E-state index in [0.29, 0.717) is 24.3 Å². The monoisotopic (exact) mass is 313 g/mol. The predicted octanol–water partition coefficient (Wildman–Crippen LogP) is 2.38. The van der Waals surface area contributed by atoms with Gasteiger partial charge in [-0.05, 0) is 55.7 Å². The van der Waals surface area contributed by atoms with Crippen molar-refractivity contribution in [2.24, 2.45) is 17.3 Å². The van der Waals surface area contributed by atoms with Gasteiger partial charge in [-0.25, -0.2) is 4.79 Å². The molecule has 1 atom stereocenters. The maximum atomic E-state index is 12.4. The lowest BCUT2D eigenvalue weighted by molar-refractivity contribution is -0.133. The Bertz CT molecular complexity index is 651. The number of hydrogen-bond acceptors (Lipinski definition) is 2. The summed E-state index contributed by atoms with van der Waals surface area (Å²) in [6.07, 6.45) is 3.21. The summed E-state index contributed by atoms with van der Waals surface area (Å²) in [5.74, 6) is 1.44. The quantitative estimate of drug-likeness (QED) is 0.896. The first-order valence-corrected chi connectivity index (χ1v) is 8.48. The number of amides is 3. The van der Waals surface area contributed by atoms with Gasteiger partial charge >= 0.3 is 6.03 Å². The smallest absolute Gasteiger partial charge is 0.319 e. The predicted molar refractivity (Wildman–Crippen MR) is 88.0 cm³/mol. The number of benzene rings is 1. The molecule has 3 aliphatic rings. The number of nitrogens with one attached hydrogen (secondary N) is 2. The molecule has 4 rings (SSSR count). The number of rotatable bonds is 4. The zero-order valence-corrected chi connectivity index (χ0v) is 13.5. The van der Waals surface area contributed by atoms with E-state index in [2.05, 4.69) is 10.6 Å². The maximum absolute atomic E-state index is 12.4. The van der Waals surface area contributed by atoms with Crippen molar-refractivity contribution in [2.45, 2.75) is 26.2 Å². The fourth-order valence-electron chi connectivity index (χ4n) is 3.68. The van der Waals surface area contributed by atoms with Crippen LogP contribution in [-0.4, -0.2) is 36.5 Å². The van der Waals surface area contributed by atoms with E-state index in [1.807, 2.05) is 36.1 Å². The molecule has 0 bridgehead atoms. The molecule has 0 aromatic heterocycles. The Morgan fingerprint density at radius 3 is 2.83 bits per heavy atom. The standard InChI is InChI=1S/C18H23N3O2/c1-12-3-2-4-15(7-12)20-17(23)19-10-13-5-6-21(11-13)16(22)18-8-14(18)9-18/h2-4,7,13-14H,5-6,8-11H2,1H3,(H2,19,20,23). The van der Waals surface area contributed by atoms with Gasteiger partial charge in [0.15, 0.2) is 0 Å². The highest BCUT2D eigenvalue weighted by Crippen LogP contribution is 2.76. The summed E-state index contributed by atoms with van der Waals surface area (Å²) in [6.45, 7) is 4.26. The molecule has 3 amide bonds. The summed E-state index contributed by atoms with van der Waals surface area (Å²) >= 11 is 0. The van der Waals surface area contributed by atoms with Crippen LogP contribution in [0.25, 0.3) is 0 Å². The number of likely N-dealkylation sites (tertiary alicyclic amines) is 1. The van der Waals surface area contributed by atoms with E-state index in [9.17, 15) is 9.59 Å². The lowest BCUT2D eigenvalue weighted by Gasteiger charge is -2.18. The number of urea groups is 1. The molecule has 0 spiro atoms. The largest absolute Gasteiger partial charge is 0.342 e. The highest BCUT2D eigenvalue weighted by atomic mass is 16.2. The number of carbonyl (C=O) groups is 2. The summed E-state index contributed by atoms with van der Waals surface area (Å²) in [6, 6.07) is 7.56. The van der Waals surface area contributed by atoms with Crippen LogP contribution in [0.2, 0.25) is 0 Å². The van der Waals surface area contributed by atoms with Gasteiger partial charge in [0.05, 0.1) is 5.41 Å². The van der Waals surface area contributed by atoms with Crippen LogP contribution in [-0.2, 0) is 4.79 Å². The minimum atomic E-state index is -0.177. The molecule has 1 unspecified atom stereocenters. The van der Waals surface area contributed by atoms with Crippen LogP contribution in [0.1, 0.15) is 24.8 Å². The molecule has 1 aromatic rings. The van der Waals surface area contributed by atoms with Gasteiger partial charge in [0.25, 0.3) is 0 Å². The van der Waals surface area contributed by atoms with Gasteiger partial charge in [0, 0.05) is 25.3 Å². The highest BCUT2D eigenvalue weighted by Gasteiger charge is 2.75. The molecule has 3 fully saturated rings. The van der Waals surface area contributed by atoms with Crippen molar-refractivity contribution in [1.82, 2.24) is 10.2 Å². The lowest BCUT2D eigenvalue weighted by atomic mass is 10.1. The zero-order valence-electron chi connectivity index (χ0n) is 13.5. The fraction of sp³-hybridized carbons (Fsp3) is 0.556. The first kappa shape index (κ1) is 14.5. The number of hydrogen-bond donors (Lipinski definition) is 2. The molecule has 5 heteroatoms. The van der Waals surface area contributed by atoms with Crippen LogP contribution in [0, 0.1) is 24.2 Å². The second-order valence-electron chi connectivity index (χ2n) is 7.37. The van der Waals surface area contributed by atoms with Gasteiger partial charge in [-0.1, -0.05) is 12.1 Å². The lowest BCUT2D eigenvalue weighted by Crippen LogP contribution is -2.36. The van der Waals surface area contributed by atoms with Gasteiger partial charge in [0.1, 0.15) is 0 Å². The Balaban J connectivity index is 1.22. The van der Waals surface area contributed by atoms with E-state index < -0.39 is 0 Å². The Kier molecular flexibility index (Phi) is 3.32. The van der Waals surface area contributed by atoms with Gasteiger partial charge in [-0.15, -0.1) is 0 Å². The van der Waals surface area contributed by atoms with Crippen molar-refractivity contribution in [3.63, 3.8) is 0 Å². The van der Waals surface area contributed by atoms with Crippen LogP contribution in [0.3, 0.4) is 0 Å². The summed E-state index contributed by atoms with van der Waals surface area (Å²) < 4.78 is 0. The van der Waals surface area contributed by atoms with Gasteiger partial charge < -0.3 is 15.5 Å². The molecule has 2 N–H and O–H groups in total. The molecular weight excluding hydrogens is 290 g/mol. The number of anilines is 1. The maximum Gasteiger partial charge on any atom is 0.319 e. The average Bonchev–Trinajstić information content (AvgIpc) is 3.32. The van der Waals surface area contributed by atoms with E-state index >= 15 is 0 Å².